The zero-order chi connectivity index (χ0) is 18.5. The van der Waals surface area contributed by atoms with Crippen LogP contribution in [0.2, 0.25) is 5.02 Å². The van der Waals surface area contributed by atoms with Crippen LogP contribution in [0.15, 0.2) is 29.3 Å². The second-order valence-corrected chi connectivity index (χ2v) is 6.94. The van der Waals surface area contributed by atoms with Gasteiger partial charge in [-0.05, 0) is 31.9 Å². The number of anilines is 1. The highest BCUT2D eigenvalue weighted by Crippen LogP contribution is 2.27. The number of aliphatic imine (C=N–C) groups is 1. The van der Waals surface area contributed by atoms with Crippen molar-refractivity contribution < 1.29 is 0 Å². The number of rotatable bonds is 4. The molecule has 1 saturated heterocycles. The molecule has 1 atom stereocenters. The summed E-state index contributed by atoms with van der Waals surface area (Å²) < 4.78 is 1.97. The zero-order valence-corrected chi connectivity index (χ0v) is 16.3. The van der Waals surface area contributed by atoms with Gasteiger partial charge in [-0.3, -0.25) is 4.99 Å². The monoisotopic (exact) mass is 375 g/mol. The van der Waals surface area contributed by atoms with E-state index in [1.807, 2.05) is 36.7 Å². The van der Waals surface area contributed by atoms with Gasteiger partial charge in [-0.1, -0.05) is 23.7 Å². The molecule has 0 aliphatic carbocycles. The van der Waals surface area contributed by atoms with Crippen molar-refractivity contribution in [3.05, 3.63) is 40.9 Å². The molecule has 140 valence electrons. The first kappa shape index (κ1) is 18.5. The fourth-order valence-electron chi connectivity index (χ4n) is 3.18. The van der Waals surface area contributed by atoms with Crippen LogP contribution in [0.1, 0.15) is 24.5 Å². The summed E-state index contributed by atoms with van der Waals surface area (Å²) >= 11 is 6.36. The van der Waals surface area contributed by atoms with Crippen LogP contribution in [-0.4, -0.2) is 46.9 Å². The van der Waals surface area contributed by atoms with Gasteiger partial charge < -0.3 is 20.1 Å². The standard InChI is InChI=1S/C18H26ClN7/c1-13-23-24-17(25(13)3)11-21-18(20-2)22-14-7-6-10-26(12-14)16-9-5-4-8-15(16)19/h4-5,8-9,14H,6-7,10-12H2,1-3H3,(H2,20,21,22). The van der Waals surface area contributed by atoms with Gasteiger partial charge in [0.25, 0.3) is 0 Å². The van der Waals surface area contributed by atoms with Gasteiger partial charge in [-0.15, -0.1) is 10.2 Å². The number of benzene rings is 1. The summed E-state index contributed by atoms with van der Waals surface area (Å²) in [5.41, 5.74) is 1.10. The van der Waals surface area contributed by atoms with Crippen LogP contribution >= 0.6 is 11.6 Å². The van der Waals surface area contributed by atoms with Gasteiger partial charge in [0.1, 0.15) is 5.82 Å². The molecule has 1 fully saturated rings. The first-order chi connectivity index (χ1) is 12.6. The maximum absolute atomic E-state index is 6.36. The highest BCUT2D eigenvalue weighted by Gasteiger charge is 2.22. The summed E-state index contributed by atoms with van der Waals surface area (Å²) in [7, 11) is 3.75. The summed E-state index contributed by atoms with van der Waals surface area (Å²) in [6.45, 7) is 4.44. The molecular formula is C18H26ClN7. The number of piperidine rings is 1. The van der Waals surface area contributed by atoms with Crippen molar-refractivity contribution in [1.29, 1.82) is 0 Å². The van der Waals surface area contributed by atoms with Crippen LogP contribution in [-0.2, 0) is 13.6 Å². The Hall–Kier alpha value is -2.28. The van der Waals surface area contributed by atoms with E-state index in [4.69, 9.17) is 11.6 Å². The minimum atomic E-state index is 0.312. The molecule has 26 heavy (non-hydrogen) atoms. The molecule has 0 amide bonds. The quantitative estimate of drug-likeness (QED) is 0.632. The lowest BCUT2D eigenvalue weighted by Crippen LogP contribution is -2.51. The van der Waals surface area contributed by atoms with E-state index in [0.29, 0.717) is 12.6 Å². The summed E-state index contributed by atoms with van der Waals surface area (Å²) in [5, 5.41) is 15.9. The summed E-state index contributed by atoms with van der Waals surface area (Å²) in [6, 6.07) is 8.32. The molecule has 2 heterocycles. The molecule has 0 radical (unpaired) electrons. The van der Waals surface area contributed by atoms with Gasteiger partial charge in [0.2, 0.25) is 0 Å². The topological polar surface area (TPSA) is 70.4 Å². The second-order valence-electron chi connectivity index (χ2n) is 6.53. The van der Waals surface area contributed by atoms with E-state index in [0.717, 1.165) is 54.2 Å². The Morgan fingerprint density at radius 1 is 1.35 bits per heavy atom. The maximum atomic E-state index is 6.36. The zero-order valence-electron chi connectivity index (χ0n) is 15.5. The van der Waals surface area contributed by atoms with Gasteiger partial charge >= 0.3 is 0 Å². The van der Waals surface area contributed by atoms with E-state index in [1.54, 1.807) is 7.05 Å². The number of aromatic nitrogens is 3. The molecular weight excluding hydrogens is 350 g/mol. The molecule has 0 bridgehead atoms. The van der Waals surface area contributed by atoms with Gasteiger partial charge in [-0.2, -0.15) is 0 Å². The lowest BCUT2D eigenvalue weighted by Gasteiger charge is -2.35. The molecule has 2 N–H and O–H groups in total. The Bertz CT molecular complexity index is 771. The van der Waals surface area contributed by atoms with Gasteiger partial charge in [0.05, 0.1) is 17.3 Å². The van der Waals surface area contributed by atoms with E-state index in [9.17, 15) is 0 Å². The van der Waals surface area contributed by atoms with E-state index in [-0.39, 0.29) is 0 Å². The summed E-state index contributed by atoms with van der Waals surface area (Å²) in [6.07, 6.45) is 2.22. The number of nitrogens with one attached hydrogen (secondary N) is 2. The maximum Gasteiger partial charge on any atom is 0.191 e. The molecule has 0 saturated carbocycles. The van der Waals surface area contributed by atoms with Crippen molar-refractivity contribution in [2.45, 2.75) is 32.4 Å². The molecule has 0 spiro atoms. The highest BCUT2D eigenvalue weighted by atomic mass is 35.5. The number of guanidine groups is 1. The van der Waals surface area contributed by atoms with Crippen molar-refractivity contribution in [2.75, 3.05) is 25.0 Å². The second kappa shape index (κ2) is 8.40. The average Bonchev–Trinajstić information content (AvgIpc) is 2.97. The fraction of sp³-hybridized carbons (Fsp3) is 0.500. The van der Waals surface area contributed by atoms with Crippen LogP contribution in [0, 0.1) is 6.92 Å². The predicted octanol–water partition coefficient (Wildman–Crippen LogP) is 2.11. The molecule has 1 aromatic heterocycles. The fourth-order valence-corrected chi connectivity index (χ4v) is 3.43. The van der Waals surface area contributed by atoms with Crippen LogP contribution < -0.4 is 15.5 Å². The number of hydrogen-bond acceptors (Lipinski definition) is 4. The van der Waals surface area contributed by atoms with Crippen molar-refractivity contribution >= 4 is 23.2 Å². The Morgan fingerprint density at radius 2 is 2.15 bits per heavy atom. The number of para-hydroxylation sites is 1. The minimum Gasteiger partial charge on any atom is -0.368 e. The number of nitrogens with zero attached hydrogens (tertiary/aromatic N) is 5. The van der Waals surface area contributed by atoms with Gasteiger partial charge in [0.15, 0.2) is 11.8 Å². The van der Waals surface area contributed by atoms with E-state index in [1.165, 1.54) is 0 Å². The van der Waals surface area contributed by atoms with Crippen molar-refractivity contribution in [1.82, 2.24) is 25.4 Å². The van der Waals surface area contributed by atoms with Crippen LogP contribution in [0.25, 0.3) is 0 Å². The van der Waals surface area contributed by atoms with Crippen LogP contribution in [0.5, 0.6) is 0 Å². The largest absolute Gasteiger partial charge is 0.368 e. The summed E-state index contributed by atoms with van der Waals surface area (Å²) in [4.78, 5) is 6.68. The molecule has 1 aliphatic rings. The minimum absolute atomic E-state index is 0.312. The number of halogens is 1. The number of aryl methyl sites for hydroxylation is 1. The lowest BCUT2D eigenvalue weighted by molar-refractivity contribution is 0.467. The van der Waals surface area contributed by atoms with Crippen molar-refractivity contribution in [3.8, 4) is 0 Å². The smallest absolute Gasteiger partial charge is 0.191 e. The van der Waals surface area contributed by atoms with E-state index < -0.39 is 0 Å². The third-order valence-electron chi connectivity index (χ3n) is 4.78. The molecule has 8 heteroatoms. The average molecular weight is 376 g/mol. The SMILES string of the molecule is CN=C(NCc1nnc(C)n1C)NC1CCCN(c2ccccc2Cl)C1. The molecule has 1 aliphatic heterocycles. The third kappa shape index (κ3) is 4.27. The van der Waals surface area contributed by atoms with Crippen LogP contribution in [0.4, 0.5) is 5.69 Å². The number of hydrogen-bond donors (Lipinski definition) is 2. The Balaban J connectivity index is 1.58. The Kier molecular flexibility index (Phi) is 5.98. The Morgan fingerprint density at radius 3 is 2.85 bits per heavy atom. The Labute approximate surface area is 159 Å². The molecule has 7 nitrogen and oxygen atoms in total. The highest BCUT2D eigenvalue weighted by molar-refractivity contribution is 6.33. The predicted molar refractivity (Wildman–Crippen MR) is 106 cm³/mol. The van der Waals surface area contributed by atoms with Gasteiger partial charge in [-0.25, -0.2) is 0 Å². The first-order valence-electron chi connectivity index (χ1n) is 8.90. The van der Waals surface area contributed by atoms with Gasteiger partial charge in [0, 0.05) is 33.2 Å². The summed E-state index contributed by atoms with van der Waals surface area (Å²) in [5.74, 6) is 2.55. The third-order valence-corrected chi connectivity index (χ3v) is 5.10. The van der Waals surface area contributed by atoms with E-state index >= 15 is 0 Å². The van der Waals surface area contributed by atoms with Crippen molar-refractivity contribution in [2.24, 2.45) is 12.0 Å². The van der Waals surface area contributed by atoms with Crippen molar-refractivity contribution in [3.63, 3.8) is 0 Å². The normalized spacial score (nSPS) is 18.1. The van der Waals surface area contributed by atoms with Crippen LogP contribution in [0.3, 0.4) is 0 Å². The first-order valence-corrected chi connectivity index (χ1v) is 9.28. The molecule has 2 aromatic rings. The molecule has 3 rings (SSSR count). The lowest BCUT2D eigenvalue weighted by atomic mass is 10.0. The molecule has 1 aromatic carbocycles. The van der Waals surface area contributed by atoms with E-state index in [2.05, 4.69) is 36.8 Å². The molecule has 1 unspecified atom stereocenters.